The van der Waals surface area contributed by atoms with Crippen molar-refractivity contribution < 1.29 is 18.7 Å². The second-order valence-corrected chi connectivity index (χ2v) is 5.44. The minimum absolute atomic E-state index is 0.278. The van der Waals surface area contributed by atoms with Gasteiger partial charge in [-0.05, 0) is 40.2 Å². The van der Waals surface area contributed by atoms with Crippen LogP contribution in [0.5, 0.6) is 0 Å². The lowest BCUT2D eigenvalue weighted by molar-refractivity contribution is 0.0695. The third kappa shape index (κ3) is 3.30. The summed E-state index contributed by atoms with van der Waals surface area (Å²) in [6.07, 6.45) is 1.50. The summed E-state index contributed by atoms with van der Waals surface area (Å²) in [5.74, 6) is -3.23. The zero-order valence-electron chi connectivity index (χ0n) is 9.23. The average molecular weight is 346 g/mol. The Morgan fingerprint density at radius 1 is 1.26 bits per heavy atom. The van der Waals surface area contributed by atoms with E-state index >= 15 is 0 Å². The molecule has 19 heavy (non-hydrogen) atoms. The molecule has 0 saturated heterocycles. The van der Waals surface area contributed by atoms with Crippen molar-refractivity contribution in [1.29, 1.82) is 0 Å². The van der Waals surface area contributed by atoms with Crippen molar-refractivity contribution in [3.05, 3.63) is 52.1 Å². The number of halogens is 3. The molecule has 1 aromatic carbocycles. The van der Waals surface area contributed by atoms with Crippen LogP contribution in [0, 0.1) is 11.6 Å². The zero-order chi connectivity index (χ0) is 14.0. The van der Waals surface area contributed by atoms with E-state index in [1.165, 1.54) is 6.20 Å². The molecule has 3 nitrogen and oxygen atoms in total. The van der Waals surface area contributed by atoms with Crippen molar-refractivity contribution in [2.24, 2.45) is 0 Å². The predicted octanol–water partition coefficient (Wildman–Crippen LogP) is 3.97. The Kier molecular flexibility index (Phi) is 4.16. The lowest BCUT2D eigenvalue weighted by Crippen LogP contribution is -2.00. The molecule has 0 spiro atoms. The summed E-state index contributed by atoms with van der Waals surface area (Å²) in [7, 11) is 0. The zero-order valence-corrected chi connectivity index (χ0v) is 11.6. The minimum Gasteiger partial charge on any atom is -0.478 e. The molecule has 0 aliphatic rings. The average Bonchev–Trinajstić information content (AvgIpc) is 2.35. The normalized spacial score (nSPS) is 10.5. The van der Waals surface area contributed by atoms with Gasteiger partial charge in [-0.3, -0.25) is 0 Å². The molecule has 1 aromatic heterocycles. The van der Waals surface area contributed by atoms with Crippen molar-refractivity contribution >= 4 is 33.7 Å². The van der Waals surface area contributed by atoms with E-state index in [-0.39, 0.29) is 4.90 Å². The van der Waals surface area contributed by atoms with Gasteiger partial charge in [-0.2, -0.15) is 0 Å². The third-order valence-corrected chi connectivity index (χ3v) is 3.67. The van der Waals surface area contributed by atoms with Crippen LogP contribution in [0.3, 0.4) is 0 Å². The largest absolute Gasteiger partial charge is 0.478 e. The number of aromatic nitrogens is 1. The number of benzene rings is 1. The molecule has 7 heteroatoms. The number of rotatable bonds is 3. The van der Waals surface area contributed by atoms with Gasteiger partial charge < -0.3 is 5.11 Å². The lowest BCUT2D eigenvalue weighted by Gasteiger charge is -2.05. The smallest absolute Gasteiger partial charge is 0.335 e. The number of carboxylic acid groups (broad SMARTS) is 1. The molecule has 0 unspecified atom stereocenters. The Balaban J connectivity index is 2.35. The summed E-state index contributed by atoms with van der Waals surface area (Å²) in [6.45, 7) is 0. The Labute approximate surface area is 119 Å². The van der Waals surface area contributed by atoms with Crippen LogP contribution < -0.4 is 0 Å². The van der Waals surface area contributed by atoms with Gasteiger partial charge in [-0.1, -0.05) is 11.8 Å². The molecule has 1 heterocycles. The van der Waals surface area contributed by atoms with E-state index in [0.717, 1.165) is 28.4 Å². The van der Waals surface area contributed by atoms with Crippen LogP contribution in [-0.4, -0.2) is 16.1 Å². The number of carboxylic acids is 1. The van der Waals surface area contributed by atoms with E-state index in [1.807, 2.05) is 0 Å². The van der Waals surface area contributed by atoms with E-state index in [9.17, 15) is 13.6 Å². The maximum Gasteiger partial charge on any atom is 0.335 e. The molecular formula is C12H6BrF2NO2S. The van der Waals surface area contributed by atoms with Crippen molar-refractivity contribution in [2.75, 3.05) is 0 Å². The molecule has 0 radical (unpaired) electrons. The molecule has 2 rings (SSSR count). The topological polar surface area (TPSA) is 50.2 Å². The molecule has 2 aromatic rings. The van der Waals surface area contributed by atoms with Crippen LogP contribution in [-0.2, 0) is 0 Å². The van der Waals surface area contributed by atoms with Crippen LogP contribution in [0.25, 0.3) is 0 Å². The first-order valence-electron chi connectivity index (χ1n) is 4.99. The Bertz CT molecular complexity index is 611. The van der Waals surface area contributed by atoms with Gasteiger partial charge in [0.2, 0.25) is 0 Å². The predicted molar refractivity (Wildman–Crippen MR) is 69.4 cm³/mol. The van der Waals surface area contributed by atoms with Crippen molar-refractivity contribution in [3.63, 3.8) is 0 Å². The van der Waals surface area contributed by atoms with E-state index in [2.05, 4.69) is 20.9 Å². The summed E-state index contributed by atoms with van der Waals surface area (Å²) < 4.78 is 28.1. The second kappa shape index (κ2) is 5.66. The fraction of sp³-hybridized carbons (Fsp3) is 0. The van der Waals surface area contributed by atoms with Crippen molar-refractivity contribution in [2.45, 2.75) is 9.92 Å². The third-order valence-electron chi connectivity index (χ3n) is 2.15. The highest BCUT2D eigenvalue weighted by Crippen LogP contribution is 2.32. The van der Waals surface area contributed by atoms with Gasteiger partial charge in [0.1, 0.15) is 16.7 Å². The first kappa shape index (κ1) is 14.0. The van der Waals surface area contributed by atoms with E-state index < -0.39 is 23.2 Å². The highest BCUT2D eigenvalue weighted by atomic mass is 79.9. The van der Waals surface area contributed by atoms with Gasteiger partial charge in [0.15, 0.2) is 0 Å². The summed E-state index contributed by atoms with van der Waals surface area (Å²) >= 11 is 4.00. The maximum atomic E-state index is 13.7. The molecule has 0 aliphatic heterocycles. The highest BCUT2D eigenvalue weighted by Gasteiger charge is 2.16. The van der Waals surface area contributed by atoms with Gasteiger partial charge in [0, 0.05) is 10.7 Å². The SMILES string of the molecule is O=C(O)c1cc(F)c(Sc2ccc(Br)cn2)c(F)c1. The molecule has 0 amide bonds. The summed E-state index contributed by atoms with van der Waals surface area (Å²) in [6, 6.07) is 4.86. The van der Waals surface area contributed by atoms with E-state index in [0.29, 0.717) is 5.03 Å². The first-order chi connectivity index (χ1) is 8.97. The Morgan fingerprint density at radius 2 is 1.89 bits per heavy atom. The number of pyridine rings is 1. The fourth-order valence-corrected chi connectivity index (χ4v) is 2.31. The highest BCUT2D eigenvalue weighted by molar-refractivity contribution is 9.10. The van der Waals surface area contributed by atoms with Crippen molar-refractivity contribution in [3.8, 4) is 0 Å². The Hall–Kier alpha value is -1.47. The molecule has 1 N–H and O–H groups in total. The molecule has 98 valence electrons. The van der Waals surface area contributed by atoms with E-state index in [4.69, 9.17) is 5.11 Å². The number of hydrogen-bond donors (Lipinski definition) is 1. The minimum atomic E-state index is -1.38. The summed E-state index contributed by atoms with van der Waals surface area (Å²) in [5, 5.41) is 9.09. The second-order valence-electron chi connectivity index (χ2n) is 3.49. The molecule has 0 saturated carbocycles. The quantitative estimate of drug-likeness (QED) is 0.914. The van der Waals surface area contributed by atoms with Crippen LogP contribution in [0.2, 0.25) is 0 Å². The Morgan fingerprint density at radius 3 is 2.37 bits per heavy atom. The maximum absolute atomic E-state index is 13.7. The monoisotopic (exact) mass is 345 g/mol. The number of aromatic carboxylic acids is 1. The van der Waals surface area contributed by atoms with Gasteiger partial charge in [0.05, 0.1) is 10.5 Å². The molecule has 0 aliphatic carbocycles. The number of carbonyl (C=O) groups is 1. The van der Waals surface area contributed by atoms with Gasteiger partial charge in [0.25, 0.3) is 0 Å². The first-order valence-corrected chi connectivity index (χ1v) is 6.60. The standard InChI is InChI=1S/C12H6BrF2NO2S/c13-7-1-2-10(16-5-7)19-11-8(14)3-6(12(17)18)4-9(11)15/h1-5H,(H,17,18). The molecule has 0 bridgehead atoms. The molecule has 0 atom stereocenters. The van der Waals surface area contributed by atoms with Gasteiger partial charge in [-0.25, -0.2) is 18.6 Å². The van der Waals surface area contributed by atoms with Crippen LogP contribution in [0.15, 0.2) is 44.9 Å². The number of nitrogens with zero attached hydrogens (tertiary/aromatic N) is 1. The number of hydrogen-bond acceptors (Lipinski definition) is 3. The lowest BCUT2D eigenvalue weighted by atomic mass is 10.2. The van der Waals surface area contributed by atoms with Crippen LogP contribution >= 0.6 is 27.7 Å². The van der Waals surface area contributed by atoms with Crippen LogP contribution in [0.4, 0.5) is 8.78 Å². The van der Waals surface area contributed by atoms with Gasteiger partial charge >= 0.3 is 5.97 Å². The van der Waals surface area contributed by atoms with Gasteiger partial charge in [-0.15, -0.1) is 0 Å². The van der Waals surface area contributed by atoms with Crippen molar-refractivity contribution in [1.82, 2.24) is 4.98 Å². The summed E-state index contributed by atoms with van der Waals surface area (Å²) in [5.41, 5.74) is -0.428. The molecule has 0 fully saturated rings. The van der Waals surface area contributed by atoms with E-state index in [1.54, 1.807) is 12.1 Å². The fourth-order valence-electron chi connectivity index (χ4n) is 1.31. The molecular weight excluding hydrogens is 340 g/mol. The summed E-state index contributed by atoms with van der Waals surface area (Å²) in [4.78, 5) is 14.4. The van der Waals surface area contributed by atoms with Crippen LogP contribution in [0.1, 0.15) is 10.4 Å².